The van der Waals surface area contributed by atoms with Gasteiger partial charge in [0, 0.05) is 22.7 Å². The first-order valence-corrected chi connectivity index (χ1v) is 6.63. The van der Waals surface area contributed by atoms with E-state index < -0.39 is 0 Å². The van der Waals surface area contributed by atoms with Crippen molar-refractivity contribution in [3.05, 3.63) is 46.3 Å². The third kappa shape index (κ3) is 1.63. The average Bonchev–Trinajstić information content (AvgIpc) is 2.40. The molecule has 0 amide bonds. The minimum absolute atomic E-state index is 1.02. The Morgan fingerprint density at radius 1 is 0.737 bits per heavy atom. The van der Waals surface area contributed by atoms with Crippen molar-refractivity contribution in [2.75, 3.05) is 0 Å². The summed E-state index contributed by atoms with van der Waals surface area (Å²) in [6, 6.07) is 4.36. The van der Waals surface area contributed by atoms with Crippen LogP contribution in [0.5, 0.6) is 0 Å². The van der Waals surface area contributed by atoms with Gasteiger partial charge >= 0.3 is 0 Å². The molecule has 0 saturated carbocycles. The van der Waals surface area contributed by atoms with Gasteiger partial charge in [0.25, 0.3) is 0 Å². The smallest absolute Gasteiger partial charge is 0.0970 e. The van der Waals surface area contributed by atoms with Crippen molar-refractivity contribution in [2.24, 2.45) is 0 Å². The summed E-state index contributed by atoms with van der Waals surface area (Å²) < 4.78 is 0. The minimum Gasteiger partial charge on any atom is -0.254 e. The standard InChI is InChI=1S/C17H18N2/c1-9-8-18-16-14(10(9)2)6-7-15-12(4)11(3)13(5)19-17(15)16/h6-8H,1-5H3. The van der Waals surface area contributed by atoms with Crippen molar-refractivity contribution in [3.8, 4) is 0 Å². The monoisotopic (exact) mass is 250 g/mol. The van der Waals surface area contributed by atoms with E-state index in [4.69, 9.17) is 4.98 Å². The summed E-state index contributed by atoms with van der Waals surface area (Å²) in [5.41, 5.74) is 8.25. The van der Waals surface area contributed by atoms with Crippen molar-refractivity contribution in [3.63, 3.8) is 0 Å². The molecule has 0 aliphatic heterocycles. The molecule has 3 rings (SSSR count). The molecular weight excluding hydrogens is 232 g/mol. The van der Waals surface area contributed by atoms with E-state index in [1.165, 1.54) is 33.0 Å². The van der Waals surface area contributed by atoms with Gasteiger partial charge < -0.3 is 0 Å². The van der Waals surface area contributed by atoms with E-state index in [9.17, 15) is 0 Å². The molecule has 0 aliphatic rings. The van der Waals surface area contributed by atoms with Crippen molar-refractivity contribution < 1.29 is 0 Å². The lowest BCUT2D eigenvalue weighted by Gasteiger charge is -2.12. The van der Waals surface area contributed by atoms with Crippen LogP contribution in [0.2, 0.25) is 0 Å². The SMILES string of the molecule is Cc1cnc2c(ccc3c(C)c(C)c(C)nc32)c1C. The summed E-state index contributed by atoms with van der Waals surface area (Å²) in [6.45, 7) is 10.6. The highest BCUT2D eigenvalue weighted by atomic mass is 14.8. The van der Waals surface area contributed by atoms with Crippen molar-refractivity contribution in [1.82, 2.24) is 9.97 Å². The fraction of sp³-hybridized carbons (Fsp3) is 0.294. The molecule has 19 heavy (non-hydrogen) atoms. The summed E-state index contributed by atoms with van der Waals surface area (Å²) in [5, 5.41) is 2.43. The number of nitrogens with zero attached hydrogens (tertiary/aromatic N) is 2. The van der Waals surface area contributed by atoms with E-state index in [1.54, 1.807) is 0 Å². The summed E-state index contributed by atoms with van der Waals surface area (Å²) in [5.74, 6) is 0. The molecule has 0 unspecified atom stereocenters. The van der Waals surface area contributed by atoms with E-state index in [0.29, 0.717) is 0 Å². The van der Waals surface area contributed by atoms with E-state index >= 15 is 0 Å². The first kappa shape index (κ1) is 12.1. The molecule has 0 atom stereocenters. The second-order valence-corrected chi connectivity index (χ2v) is 5.37. The number of aryl methyl sites for hydroxylation is 4. The third-order valence-corrected chi connectivity index (χ3v) is 4.32. The van der Waals surface area contributed by atoms with Crippen molar-refractivity contribution >= 4 is 21.8 Å². The average molecular weight is 250 g/mol. The van der Waals surface area contributed by atoms with Gasteiger partial charge in [-0.1, -0.05) is 12.1 Å². The molecule has 0 bridgehead atoms. The Kier molecular flexibility index (Phi) is 2.56. The van der Waals surface area contributed by atoms with Crippen LogP contribution in [0.15, 0.2) is 18.3 Å². The molecule has 0 spiro atoms. The maximum absolute atomic E-state index is 4.77. The molecule has 0 radical (unpaired) electrons. The number of hydrogen-bond acceptors (Lipinski definition) is 2. The quantitative estimate of drug-likeness (QED) is 0.555. The summed E-state index contributed by atoms with van der Waals surface area (Å²) in [6.07, 6.45) is 1.95. The largest absolute Gasteiger partial charge is 0.254 e. The second kappa shape index (κ2) is 4.02. The molecule has 0 N–H and O–H groups in total. The Hall–Kier alpha value is -1.96. The lowest BCUT2D eigenvalue weighted by Crippen LogP contribution is -1.96. The summed E-state index contributed by atoms with van der Waals surface area (Å²) >= 11 is 0. The van der Waals surface area contributed by atoms with Crippen LogP contribution in [0.3, 0.4) is 0 Å². The van der Waals surface area contributed by atoms with Crippen LogP contribution in [0.4, 0.5) is 0 Å². The van der Waals surface area contributed by atoms with Gasteiger partial charge in [-0.05, 0) is 56.9 Å². The van der Waals surface area contributed by atoms with E-state index in [-0.39, 0.29) is 0 Å². The zero-order valence-electron chi connectivity index (χ0n) is 12.1. The highest BCUT2D eigenvalue weighted by Gasteiger charge is 2.11. The van der Waals surface area contributed by atoms with Crippen molar-refractivity contribution in [2.45, 2.75) is 34.6 Å². The number of pyridine rings is 2. The van der Waals surface area contributed by atoms with Gasteiger partial charge in [0.2, 0.25) is 0 Å². The summed E-state index contributed by atoms with van der Waals surface area (Å²) in [7, 11) is 0. The van der Waals surface area contributed by atoms with Gasteiger partial charge in [-0.15, -0.1) is 0 Å². The second-order valence-electron chi connectivity index (χ2n) is 5.37. The van der Waals surface area contributed by atoms with Crippen molar-refractivity contribution in [1.29, 1.82) is 0 Å². The van der Waals surface area contributed by atoms with Crippen LogP contribution < -0.4 is 0 Å². The predicted octanol–water partition coefficient (Wildman–Crippen LogP) is 4.33. The maximum Gasteiger partial charge on any atom is 0.0970 e. The molecule has 2 heterocycles. The van der Waals surface area contributed by atoms with Gasteiger partial charge in [-0.2, -0.15) is 0 Å². The Labute approximate surface area is 113 Å². The number of fused-ring (bicyclic) bond motifs is 3. The first-order chi connectivity index (χ1) is 9.00. The van der Waals surface area contributed by atoms with Gasteiger partial charge in [-0.25, -0.2) is 0 Å². The predicted molar refractivity (Wildman–Crippen MR) is 80.7 cm³/mol. The molecule has 2 heteroatoms. The van der Waals surface area contributed by atoms with Crippen LogP contribution in [-0.4, -0.2) is 9.97 Å². The highest BCUT2D eigenvalue weighted by Crippen LogP contribution is 2.29. The van der Waals surface area contributed by atoms with Crippen LogP contribution in [0.1, 0.15) is 27.9 Å². The number of hydrogen-bond donors (Lipinski definition) is 0. The zero-order chi connectivity index (χ0) is 13.7. The number of benzene rings is 1. The van der Waals surface area contributed by atoms with Gasteiger partial charge in [0.05, 0.1) is 11.0 Å². The maximum atomic E-state index is 4.77. The van der Waals surface area contributed by atoms with Gasteiger partial charge in [0.15, 0.2) is 0 Å². The molecule has 3 aromatic rings. The Morgan fingerprint density at radius 3 is 2.05 bits per heavy atom. The molecule has 96 valence electrons. The van der Waals surface area contributed by atoms with Gasteiger partial charge in [0.1, 0.15) is 0 Å². The van der Waals surface area contributed by atoms with Crippen LogP contribution in [0, 0.1) is 34.6 Å². The van der Waals surface area contributed by atoms with Crippen LogP contribution in [0.25, 0.3) is 21.8 Å². The lowest BCUT2D eigenvalue weighted by atomic mass is 9.99. The zero-order valence-corrected chi connectivity index (χ0v) is 12.1. The van der Waals surface area contributed by atoms with E-state index in [0.717, 1.165) is 16.7 Å². The lowest BCUT2D eigenvalue weighted by molar-refractivity contribution is 1.17. The normalized spacial score (nSPS) is 11.4. The topological polar surface area (TPSA) is 25.8 Å². The number of aromatic nitrogens is 2. The van der Waals surface area contributed by atoms with Gasteiger partial charge in [-0.3, -0.25) is 9.97 Å². The molecule has 2 nitrogen and oxygen atoms in total. The number of rotatable bonds is 0. The summed E-state index contributed by atoms with van der Waals surface area (Å²) in [4.78, 5) is 9.39. The first-order valence-electron chi connectivity index (χ1n) is 6.63. The highest BCUT2D eigenvalue weighted by molar-refractivity contribution is 6.05. The van der Waals surface area contributed by atoms with E-state index in [1.807, 2.05) is 6.20 Å². The molecule has 2 aromatic heterocycles. The molecule has 1 aromatic carbocycles. The molecular formula is C17H18N2. The van der Waals surface area contributed by atoms with Crippen LogP contribution in [-0.2, 0) is 0 Å². The molecule has 0 aliphatic carbocycles. The Balaban J connectivity index is 2.58. The molecule has 0 fully saturated rings. The Bertz CT molecular complexity index is 817. The molecule has 0 saturated heterocycles. The van der Waals surface area contributed by atoms with E-state index in [2.05, 4.69) is 51.7 Å². The fourth-order valence-electron chi connectivity index (χ4n) is 2.62. The van der Waals surface area contributed by atoms with Crippen LogP contribution >= 0.6 is 0 Å². The third-order valence-electron chi connectivity index (χ3n) is 4.32. The fourth-order valence-corrected chi connectivity index (χ4v) is 2.62. The minimum atomic E-state index is 1.02. The Morgan fingerprint density at radius 2 is 1.37 bits per heavy atom.